The highest BCUT2D eigenvalue weighted by molar-refractivity contribution is 5.31. The van der Waals surface area contributed by atoms with E-state index < -0.39 is 6.17 Å². The summed E-state index contributed by atoms with van der Waals surface area (Å²) in [7, 11) is 0. The van der Waals surface area contributed by atoms with E-state index in [1.807, 2.05) is 13.8 Å². The fourth-order valence-electron chi connectivity index (χ4n) is 1.75. The van der Waals surface area contributed by atoms with Crippen molar-refractivity contribution in [2.75, 3.05) is 6.54 Å². The molecule has 13 heavy (non-hydrogen) atoms. The molecular formula is C9H18FN3. The first kappa shape index (κ1) is 8.69. The Balaban J connectivity index is 0.000000980. The third-order valence-corrected chi connectivity index (χ3v) is 2.40. The van der Waals surface area contributed by atoms with E-state index in [4.69, 9.17) is 0 Å². The minimum atomic E-state index is -0.903. The summed E-state index contributed by atoms with van der Waals surface area (Å²) in [5.74, 6) is 0.288. The molecule has 1 aliphatic rings. The second-order valence-corrected chi connectivity index (χ2v) is 3.75. The monoisotopic (exact) mass is 187 g/mol. The van der Waals surface area contributed by atoms with Gasteiger partial charge in [-0.1, -0.05) is 13.8 Å². The Morgan fingerprint density at radius 3 is 3.08 bits per heavy atom. The summed E-state index contributed by atoms with van der Waals surface area (Å²) in [6.45, 7) is 5.18. The normalized spacial score (nSPS) is 22.0. The molecule has 3 nitrogen and oxygen atoms in total. The molecule has 0 spiro atoms. The predicted molar refractivity (Wildman–Crippen MR) is 52.5 cm³/mol. The van der Waals surface area contributed by atoms with Gasteiger partial charge in [-0.3, -0.25) is 5.10 Å². The van der Waals surface area contributed by atoms with Gasteiger partial charge in [-0.05, 0) is 5.92 Å². The molecule has 1 atom stereocenters. The standard InChI is InChI=1S/C9H14FN3.2H2/c1-5(2)9-8-6(10)3-11-4-7(8)12-13-9;;/h5-6,11H,3-4H2,1-2H3,(H,12,13);2*1H. The van der Waals surface area contributed by atoms with Crippen molar-refractivity contribution in [2.45, 2.75) is 32.5 Å². The minimum Gasteiger partial charge on any atom is -0.308 e. The van der Waals surface area contributed by atoms with Crippen molar-refractivity contribution in [3.63, 3.8) is 0 Å². The Bertz CT molecular complexity index is 314. The lowest BCUT2D eigenvalue weighted by atomic mass is 9.98. The van der Waals surface area contributed by atoms with Gasteiger partial charge in [0, 0.05) is 21.5 Å². The van der Waals surface area contributed by atoms with Crippen molar-refractivity contribution in [3.05, 3.63) is 17.0 Å². The van der Waals surface area contributed by atoms with Gasteiger partial charge < -0.3 is 5.32 Å². The quantitative estimate of drug-likeness (QED) is 0.707. The van der Waals surface area contributed by atoms with E-state index in [0.29, 0.717) is 13.1 Å². The van der Waals surface area contributed by atoms with Gasteiger partial charge >= 0.3 is 0 Å². The van der Waals surface area contributed by atoms with Gasteiger partial charge in [-0.2, -0.15) is 5.10 Å². The van der Waals surface area contributed by atoms with E-state index in [1.165, 1.54) is 0 Å². The first-order valence-electron chi connectivity index (χ1n) is 4.62. The lowest BCUT2D eigenvalue weighted by molar-refractivity contribution is 0.307. The molecule has 0 saturated carbocycles. The third kappa shape index (κ3) is 1.35. The molecule has 1 aromatic rings. The summed E-state index contributed by atoms with van der Waals surface area (Å²) in [5, 5.41) is 10.0. The molecule has 1 aliphatic heterocycles. The van der Waals surface area contributed by atoms with Crippen LogP contribution in [0.5, 0.6) is 0 Å². The number of hydrogen-bond acceptors (Lipinski definition) is 2. The lowest BCUT2D eigenvalue weighted by Crippen LogP contribution is -2.26. The fourth-order valence-corrected chi connectivity index (χ4v) is 1.75. The van der Waals surface area contributed by atoms with E-state index in [9.17, 15) is 4.39 Å². The lowest BCUT2D eigenvalue weighted by Gasteiger charge is -2.18. The highest BCUT2D eigenvalue weighted by Crippen LogP contribution is 2.30. The van der Waals surface area contributed by atoms with Crippen LogP contribution in [-0.4, -0.2) is 16.7 Å². The van der Waals surface area contributed by atoms with Crippen LogP contribution in [0, 0.1) is 0 Å². The summed E-state index contributed by atoms with van der Waals surface area (Å²) in [6.07, 6.45) is -0.903. The van der Waals surface area contributed by atoms with Gasteiger partial charge in [0.1, 0.15) is 6.17 Å². The molecule has 1 aromatic heterocycles. The number of hydrogen-bond donors (Lipinski definition) is 2. The van der Waals surface area contributed by atoms with Crippen LogP contribution in [0.1, 0.15) is 45.7 Å². The maximum Gasteiger partial charge on any atom is 0.141 e. The van der Waals surface area contributed by atoms with Gasteiger partial charge in [0.25, 0.3) is 0 Å². The van der Waals surface area contributed by atoms with Gasteiger partial charge in [0.05, 0.1) is 11.4 Å². The van der Waals surface area contributed by atoms with E-state index in [0.717, 1.165) is 17.0 Å². The van der Waals surface area contributed by atoms with E-state index >= 15 is 0 Å². The Morgan fingerprint density at radius 1 is 1.62 bits per heavy atom. The molecule has 0 aliphatic carbocycles. The second kappa shape index (κ2) is 3.10. The highest BCUT2D eigenvalue weighted by Gasteiger charge is 2.26. The molecule has 1 unspecified atom stereocenters. The van der Waals surface area contributed by atoms with Crippen LogP contribution in [0.3, 0.4) is 0 Å². The number of H-pyrrole nitrogens is 1. The maximum atomic E-state index is 13.5. The molecule has 0 amide bonds. The molecule has 0 saturated heterocycles. The molecule has 2 rings (SSSR count). The molecule has 0 radical (unpaired) electrons. The van der Waals surface area contributed by atoms with E-state index in [-0.39, 0.29) is 8.77 Å². The smallest absolute Gasteiger partial charge is 0.141 e. The zero-order chi connectivity index (χ0) is 9.42. The molecule has 0 bridgehead atoms. The number of nitrogens with one attached hydrogen (secondary N) is 2. The molecule has 0 fully saturated rings. The van der Waals surface area contributed by atoms with Crippen molar-refractivity contribution < 1.29 is 7.24 Å². The van der Waals surface area contributed by atoms with Crippen molar-refractivity contribution in [1.82, 2.24) is 15.5 Å². The molecule has 2 heterocycles. The number of aromatic nitrogens is 2. The van der Waals surface area contributed by atoms with Crippen LogP contribution in [-0.2, 0) is 6.54 Å². The fraction of sp³-hybridized carbons (Fsp3) is 0.667. The van der Waals surface area contributed by atoms with Crippen LogP contribution in [0.4, 0.5) is 4.39 Å². The number of rotatable bonds is 1. The molecular weight excluding hydrogens is 169 g/mol. The van der Waals surface area contributed by atoms with E-state index in [2.05, 4.69) is 15.5 Å². The first-order chi connectivity index (χ1) is 6.20. The molecule has 2 N–H and O–H groups in total. The van der Waals surface area contributed by atoms with Gasteiger partial charge in [0.2, 0.25) is 0 Å². The summed E-state index contributed by atoms with van der Waals surface area (Å²) >= 11 is 0. The topological polar surface area (TPSA) is 40.7 Å². The van der Waals surface area contributed by atoms with Crippen molar-refractivity contribution in [2.24, 2.45) is 0 Å². The van der Waals surface area contributed by atoms with Gasteiger partial charge in [-0.25, -0.2) is 4.39 Å². The first-order valence-corrected chi connectivity index (χ1v) is 4.62. The zero-order valence-corrected chi connectivity index (χ0v) is 7.89. The Kier molecular flexibility index (Phi) is 2.07. The maximum absolute atomic E-state index is 13.5. The van der Waals surface area contributed by atoms with Crippen molar-refractivity contribution in [1.29, 1.82) is 0 Å². The predicted octanol–water partition coefficient (Wildman–Crippen LogP) is 2.14. The average molecular weight is 187 g/mol. The summed E-state index contributed by atoms with van der Waals surface area (Å²) in [5.41, 5.74) is 2.57. The van der Waals surface area contributed by atoms with Gasteiger partial charge in [-0.15, -0.1) is 0 Å². The Hall–Kier alpha value is -0.900. The van der Waals surface area contributed by atoms with Crippen molar-refractivity contribution >= 4 is 0 Å². The Morgan fingerprint density at radius 2 is 2.38 bits per heavy atom. The average Bonchev–Trinajstić information content (AvgIpc) is 2.49. The highest BCUT2D eigenvalue weighted by atomic mass is 19.1. The Labute approximate surface area is 79.7 Å². The number of alkyl halides is 1. The zero-order valence-electron chi connectivity index (χ0n) is 7.89. The SMILES string of the molecule is CC(C)c1n[nH]c2c1C(F)CNC2.[HH].[HH]. The van der Waals surface area contributed by atoms with Crippen LogP contribution < -0.4 is 5.32 Å². The minimum absolute atomic E-state index is 0. The third-order valence-electron chi connectivity index (χ3n) is 2.40. The molecule has 0 aromatic carbocycles. The second-order valence-electron chi connectivity index (χ2n) is 3.75. The number of nitrogens with zero attached hydrogens (tertiary/aromatic N) is 1. The van der Waals surface area contributed by atoms with Gasteiger partial charge in [0.15, 0.2) is 0 Å². The summed E-state index contributed by atoms with van der Waals surface area (Å²) < 4.78 is 13.5. The van der Waals surface area contributed by atoms with E-state index in [1.54, 1.807) is 0 Å². The number of aromatic amines is 1. The number of halogens is 1. The summed E-state index contributed by atoms with van der Waals surface area (Å²) in [6, 6.07) is 0. The van der Waals surface area contributed by atoms with Crippen LogP contribution in [0.15, 0.2) is 0 Å². The number of fused-ring (bicyclic) bond motifs is 1. The van der Waals surface area contributed by atoms with Crippen molar-refractivity contribution in [3.8, 4) is 0 Å². The summed E-state index contributed by atoms with van der Waals surface area (Å²) in [4.78, 5) is 0. The van der Waals surface area contributed by atoms with Crippen LogP contribution >= 0.6 is 0 Å². The van der Waals surface area contributed by atoms with Crippen LogP contribution in [0.2, 0.25) is 0 Å². The largest absolute Gasteiger partial charge is 0.308 e. The molecule has 4 heteroatoms. The molecule has 76 valence electrons. The van der Waals surface area contributed by atoms with Crippen LogP contribution in [0.25, 0.3) is 0 Å².